The van der Waals surface area contributed by atoms with E-state index >= 15 is 0 Å². The maximum Gasteiger partial charge on any atom is 0.416 e. The molecule has 0 saturated carbocycles. The molecule has 0 N–H and O–H groups in total. The Hall–Kier alpha value is -2.12. The first-order valence-corrected chi connectivity index (χ1v) is 7.66. The fraction of sp³-hybridized carbons (Fsp3) is 0.500. The molecule has 2 atom stereocenters. The summed E-state index contributed by atoms with van der Waals surface area (Å²) in [6, 6.07) is 0.690. The van der Waals surface area contributed by atoms with Crippen molar-refractivity contribution in [2.24, 2.45) is 0 Å². The van der Waals surface area contributed by atoms with Gasteiger partial charge in [-0.2, -0.15) is 13.2 Å². The number of benzene rings is 1. The van der Waals surface area contributed by atoms with E-state index in [4.69, 9.17) is 0 Å². The quantitative estimate of drug-likeness (QED) is 0.774. The van der Waals surface area contributed by atoms with E-state index < -0.39 is 29.6 Å². The van der Waals surface area contributed by atoms with E-state index in [9.17, 15) is 27.2 Å². The Morgan fingerprint density at radius 1 is 1.21 bits per heavy atom. The number of nitrogens with zero attached hydrogens (tertiary/aromatic N) is 2. The minimum atomic E-state index is -4.60. The molecule has 0 aromatic heterocycles. The lowest BCUT2D eigenvalue weighted by molar-refractivity contribution is -0.159. The Balaban J connectivity index is 1.90. The number of piperazine rings is 1. The standard InChI is InChI=1S/C16H16F4N2O2/c1-9-14(23)21-6-2-3-13(21)15(24)22(9)8-10-7-11(16(18,19)20)4-5-12(10)17/h4-5,7,9,13H,2-3,6,8H2,1H3/t9-,13+/m0/s1. The van der Waals surface area contributed by atoms with Crippen molar-refractivity contribution < 1.29 is 27.2 Å². The number of hydrogen-bond acceptors (Lipinski definition) is 2. The van der Waals surface area contributed by atoms with E-state index in [1.165, 1.54) is 16.7 Å². The molecular weight excluding hydrogens is 328 g/mol. The van der Waals surface area contributed by atoms with Gasteiger partial charge in [0.25, 0.3) is 0 Å². The van der Waals surface area contributed by atoms with Crippen LogP contribution in [0, 0.1) is 5.82 Å². The Labute approximate surface area is 136 Å². The summed E-state index contributed by atoms with van der Waals surface area (Å²) in [6.07, 6.45) is -3.36. The van der Waals surface area contributed by atoms with Crippen LogP contribution in [0.5, 0.6) is 0 Å². The maximum atomic E-state index is 13.9. The van der Waals surface area contributed by atoms with Crippen LogP contribution < -0.4 is 0 Å². The summed E-state index contributed by atoms with van der Waals surface area (Å²) in [5.41, 5.74) is -1.23. The van der Waals surface area contributed by atoms with E-state index in [1.807, 2.05) is 0 Å². The van der Waals surface area contributed by atoms with Crippen LogP contribution in [0.1, 0.15) is 30.9 Å². The molecule has 3 rings (SSSR count). The van der Waals surface area contributed by atoms with Crippen molar-refractivity contribution in [1.82, 2.24) is 9.80 Å². The zero-order valence-corrected chi connectivity index (χ0v) is 12.9. The third kappa shape index (κ3) is 2.74. The highest BCUT2D eigenvalue weighted by Gasteiger charge is 2.46. The minimum Gasteiger partial charge on any atom is -0.329 e. The fourth-order valence-electron chi connectivity index (χ4n) is 3.31. The Kier molecular flexibility index (Phi) is 4.01. The Morgan fingerprint density at radius 3 is 2.58 bits per heavy atom. The highest BCUT2D eigenvalue weighted by atomic mass is 19.4. The molecule has 1 aromatic carbocycles. The Bertz CT molecular complexity index is 689. The third-order valence-corrected chi connectivity index (χ3v) is 4.64. The number of rotatable bonds is 2. The molecule has 8 heteroatoms. The number of hydrogen-bond donors (Lipinski definition) is 0. The SMILES string of the molecule is C[C@H]1C(=O)N2CCC[C@@H]2C(=O)N1Cc1cc(C(F)(F)F)ccc1F. The minimum absolute atomic E-state index is 0.246. The summed E-state index contributed by atoms with van der Waals surface area (Å²) in [6.45, 7) is 1.66. The van der Waals surface area contributed by atoms with Crippen LogP contribution in [0.15, 0.2) is 18.2 Å². The number of alkyl halides is 3. The topological polar surface area (TPSA) is 40.6 Å². The van der Waals surface area contributed by atoms with Gasteiger partial charge in [0.05, 0.1) is 5.56 Å². The van der Waals surface area contributed by atoms with Gasteiger partial charge in [-0.3, -0.25) is 9.59 Å². The molecule has 0 radical (unpaired) electrons. The van der Waals surface area contributed by atoms with E-state index in [2.05, 4.69) is 0 Å². The monoisotopic (exact) mass is 344 g/mol. The van der Waals surface area contributed by atoms with Crippen molar-refractivity contribution in [3.05, 3.63) is 35.1 Å². The molecule has 0 unspecified atom stereocenters. The highest BCUT2D eigenvalue weighted by molar-refractivity contribution is 5.97. The molecule has 0 aliphatic carbocycles. The van der Waals surface area contributed by atoms with Crippen molar-refractivity contribution >= 4 is 11.8 Å². The fourth-order valence-corrected chi connectivity index (χ4v) is 3.31. The van der Waals surface area contributed by atoms with Crippen molar-refractivity contribution in [2.45, 2.75) is 44.6 Å². The molecule has 1 aromatic rings. The second-order valence-corrected chi connectivity index (χ2v) is 6.14. The molecule has 4 nitrogen and oxygen atoms in total. The lowest BCUT2D eigenvalue weighted by Gasteiger charge is -2.41. The van der Waals surface area contributed by atoms with Crippen LogP contribution in [0.2, 0.25) is 0 Å². The normalized spacial score (nSPS) is 24.5. The van der Waals surface area contributed by atoms with E-state index in [0.29, 0.717) is 31.5 Å². The smallest absolute Gasteiger partial charge is 0.329 e. The lowest BCUT2D eigenvalue weighted by Crippen LogP contribution is -2.61. The second-order valence-electron chi connectivity index (χ2n) is 6.14. The third-order valence-electron chi connectivity index (χ3n) is 4.64. The van der Waals surface area contributed by atoms with Crippen LogP contribution in [-0.4, -0.2) is 40.2 Å². The predicted molar refractivity (Wildman–Crippen MR) is 76.1 cm³/mol. The average Bonchev–Trinajstić information content (AvgIpc) is 2.99. The number of amides is 2. The van der Waals surface area contributed by atoms with Crippen LogP contribution in [0.25, 0.3) is 0 Å². The first-order valence-electron chi connectivity index (χ1n) is 7.66. The predicted octanol–water partition coefficient (Wildman–Crippen LogP) is 2.57. The lowest BCUT2D eigenvalue weighted by atomic mass is 10.0. The summed E-state index contributed by atoms with van der Waals surface area (Å²) >= 11 is 0. The molecule has 2 amide bonds. The van der Waals surface area contributed by atoms with Crippen molar-refractivity contribution in [3.63, 3.8) is 0 Å². The number of halogens is 4. The molecule has 2 fully saturated rings. The molecular formula is C16H16F4N2O2. The largest absolute Gasteiger partial charge is 0.416 e. The van der Waals surface area contributed by atoms with E-state index in [-0.39, 0.29) is 23.9 Å². The molecule has 0 bridgehead atoms. The highest BCUT2D eigenvalue weighted by Crippen LogP contribution is 2.32. The van der Waals surface area contributed by atoms with Gasteiger partial charge in [0.15, 0.2) is 0 Å². The molecule has 0 spiro atoms. The van der Waals surface area contributed by atoms with Crippen molar-refractivity contribution in [3.8, 4) is 0 Å². The van der Waals surface area contributed by atoms with Crippen LogP contribution >= 0.6 is 0 Å². The van der Waals surface area contributed by atoms with Gasteiger partial charge < -0.3 is 9.80 Å². The second kappa shape index (κ2) is 5.75. The van der Waals surface area contributed by atoms with E-state index in [1.54, 1.807) is 0 Å². The summed E-state index contributed by atoms with van der Waals surface area (Å²) < 4.78 is 52.3. The number of carbonyl (C=O) groups excluding carboxylic acids is 2. The zero-order chi connectivity index (χ0) is 17.6. The number of fused-ring (bicyclic) bond motifs is 1. The van der Waals surface area contributed by atoms with Gasteiger partial charge in [-0.1, -0.05) is 0 Å². The molecule has 130 valence electrons. The average molecular weight is 344 g/mol. The van der Waals surface area contributed by atoms with E-state index in [0.717, 1.165) is 6.07 Å². The molecule has 24 heavy (non-hydrogen) atoms. The van der Waals surface area contributed by atoms with Crippen LogP contribution in [0.4, 0.5) is 17.6 Å². The van der Waals surface area contributed by atoms with Gasteiger partial charge in [0.2, 0.25) is 11.8 Å². The summed E-state index contributed by atoms with van der Waals surface area (Å²) in [7, 11) is 0. The number of carbonyl (C=O) groups is 2. The molecule has 2 aliphatic heterocycles. The molecule has 2 heterocycles. The van der Waals surface area contributed by atoms with Crippen molar-refractivity contribution in [1.29, 1.82) is 0 Å². The van der Waals surface area contributed by atoms with Gasteiger partial charge in [0.1, 0.15) is 17.9 Å². The first kappa shape index (κ1) is 16.7. The molecule has 2 aliphatic rings. The summed E-state index contributed by atoms with van der Waals surface area (Å²) in [5, 5.41) is 0. The summed E-state index contributed by atoms with van der Waals surface area (Å²) in [4.78, 5) is 27.6. The zero-order valence-electron chi connectivity index (χ0n) is 12.9. The van der Waals surface area contributed by atoms with Crippen LogP contribution in [0.3, 0.4) is 0 Å². The van der Waals surface area contributed by atoms with Gasteiger partial charge in [-0.15, -0.1) is 0 Å². The van der Waals surface area contributed by atoms with Gasteiger partial charge >= 0.3 is 6.18 Å². The van der Waals surface area contributed by atoms with Crippen LogP contribution in [-0.2, 0) is 22.3 Å². The summed E-state index contributed by atoms with van der Waals surface area (Å²) in [5.74, 6) is -1.41. The van der Waals surface area contributed by atoms with Gasteiger partial charge in [-0.05, 0) is 38.0 Å². The van der Waals surface area contributed by atoms with Crippen molar-refractivity contribution in [2.75, 3.05) is 6.54 Å². The first-order chi connectivity index (χ1) is 11.2. The van der Waals surface area contributed by atoms with Gasteiger partial charge in [-0.25, -0.2) is 4.39 Å². The Morgan fingerprint density at radius 2 is 1.92 bits per heavy atom. The maximum absolute atomic E-state index is 13.9. The molecule has 2 saturated heterocycles. The van der Waals surface area contributed by atoms with Gasteiger partial charge in [0, 0.05) is 18.7 Å².